The second-order valence-electron chi connectivity index (χ2n) is 8.77. The van der Waals surface area contributed by atoms with Crippen molar-refractivity contribution in [1.82, 2.24) is 15.5 Å². The minimum Gasteiger partial charge on any atom is -0.508 e. The van der Waals surface area contributed by atoms with E-state index >= 15 is 0 Å². The van der Waals surface area contributed by atoms with Gasteiger partial charge in [0.25, 0.3) is 17.7 Å². The van der Waals surface area contributed by atoms with Crippen LogP contribution in [0.3, 0.4) is 0 Å². The SMILES string of the molecule is CCC(F)(F)CN(CC(=O)NCC(C)C)C(=O)C(O)C(C)NC(=O)c1cc(C)cc(O)c1C. The molecule has 1 rings (SSSR count). The van der Waals surface area contributed by atoms with Gasteiger partial charge in [0, 0.05) is 24.1 Å². The van der Waals surface area contributed by atoms with E-state index in [4.69, 9.17) is 0 Å². The van der Waals surface area contributed by atoms with Crippen LogP contribution in [-0.4, -0.2) is 70.5 Å². The van der Waals surface area contributed by atoms with E-state index in [1.54, 1.807) is 19.9 Å². The molecule has 0 saturated carbocycles. The molecule has 0 aliphatic heterocycles. The molecule has 0 bridgehead atoms. The number of alkyl halides is 2. The Kier molecular flexibility index (Phi) is 10.2. The van der Waals surface area contributed by atoms with Crippen molar-refractivity contribution in [1.29, 1.82) is 0 Å². The number of hydrogen-bond donors (Lipinski definition) is 4. The lowest BCUT2D eigenvalue weighted by Gasteiger charge is -2.30. The Hall–Kier alpha value is -2.75. The van der Waals surface area contributed by atoms with E-state index in [1.165, 1.54) is 19.9 Å². The lowest BCUT2D eigenvalue weighted by atomic mass is 10.0. The normalized spacial score (nSPS) is 13.4. The summed E-state index contributed by atoms with van der Waals surface area (Å²) < 4.78 is 28.1. The lowest BCUT2D eigenvalue weighted by Crippen LogP contribution is -2.54. The summed E-state index contributed by atoms with van der Waals surface area (Å²) in [5, 5.41) is 25.4. The van der Waals surface area contributed by atoms with Crippen LogP contribution in [0.2, 0.25) is 0 Å². The maximum Gasteiger partial charge on any atom is 0.265 e. The number of aryl methyl sites for hydroxylation is 1. The van der Waals surface area contributed by atoms with Crippen LogP contribution >= 0.6 is 0 Å². The Morgan fingerprint density at radius 3 is 2.30 bits per heavy atom. The summed E-state index contributed by atoms with van der Waals surface area (Å²) in [7, 11) is 0. The summed E-state index contributed by atoms with van der Waals surface area (Å²) in [5.74, 6) is -5.58. The number of phenolic OH excluding ortho intramolecular Hbond substituents is 1. The summed E-state index contributed by atoms with van der Waals surface area (Å²) in [5.41, 5.74) is 1.10. The minimum absolute atomic E-state index is 0.0789. The number of rotatable bonds is 11. The fourth-order valence-corrected chi connectivity index (χ4v) is 2.99. The number of nitrogens with zero attached hydrogens (tertiary/aromatic N) is 1. The first-order valence-electron chi connectivity index (χ1n) is 10.9. The molecule has 1 aromatic rings. The predicted molar refractivity (Wildman–Crippen MR) is 120 cm³/mol. The van der Waals surface area contributed by atoms with Gasteiger partial charge in [0.1, 0.15) is 5.75 Å². The van der Waals surface area contributed by atoms with Crippen molar-refractivity contribution in [2.45, 2.75) is 66.0 Å². The van der Waals surface area contributed by atoms with Gasteiger partial charge in [-0.2, -0.15) is 0 Å². The van der Waals surface area contributed by atoms with Crippen LogP contribution in [0.25, 0.3) is 0 Å². The molecule has 10 heteroatoms. The van der Waals surface area contributed by atoms with Crippen molar-refractivity contribution < 1.29 is 33.4 Å². The summed E-state index contributed by atoms with van der Waals surface area (Å²) in [6.45, 7) is 8.16. The third-order valence-corrected chi connectivity index (χ3v) is 5.15. The number of hydrogen-bond acceptors (Lipinski definition) is 5. The number of carbonyl (C=O) groups is 3. The van der Waals surface area contributed by atoms with E-state index in [9.17, 15) is 33.4 Å². The van der Waals surface area contributed by atoms with Crippen LogP contribution in [0.1, 0.15) is 55.6 Å². The van der Waals surface area contributed by atoms with Crippen LogP contribution in [0.15, 0.2) is 12.1 Å². The average molecular weight is 472 g/mol. The molecule has 2 atom stereocenters. The average Bonchev–Trinajstić information content (AvgIpc) is 2.72. The Bertz CT molecular complexity index is 861. The van der Waals surface area contributed by atoms with Crippen molar-refractivity contribution in [3.63, 3.8) is 0 Å². The summed E-state index contributed by atoms with van der Waals surface area (Å²) in [6, 6.07) is 1.88. The molecule has 0 aliphatic carbocycles. The van der Waals surface area contributed by atoms with Crippen molar-refractivity contribution in [2.75, 3.05) is 19.6 Å². The molecule has 0 saturated heterocycles. The molecule has 0 radical (unpaired) electrons. The predicted octanol–water partition coefficient (Wildman–Crippen LogP) is 2.13. The summed E-state index contributed by atoms with van der Waals surface area (Å²) in [4.78, 5) is 38.2. The van der Waals surface area contributed by atoms with Gasteiger partial charge in [-0.3, -0.25) is 14.4 Å². The molecule has 0 fully saturated rings. The van der Waals surface area contributed by atoms with Crippen LogP contribution in [-0.2, 0) is 9.59 Å². The highest BCUT2D eigenvalue weighted by molar-refractivity contribution is 5.97. The maximum absolute atomic E-state index is 14.0. The Labute approximate surface area is 193 Å². The van der Waals surface area contributed by atoms with Crippen LogP contribution < -0.4 is 10.6 Å². The third-order valence-electron chi connectivity index (χ3n) is 5.15. The van der Waals surface area contributed by atoms with E-state index in [2.05, 4.69) is 10.6 Å². The zero-order chi connectivity index (χ0) is 25.5. The number of carbonyl (C=O) groups excluding carboxylic acids is 3. The van der Waals surface area contributed by atoms with Gasteiger partial charge in [0.05, 0.1) is 19.1 Å². The quantitative estimate of drug-likeness (QED) is 0.394. The minimum atomic E-state index is -3.25. The summed E-state index contributed by atoms with van der Waals surface area (Å²) >= 11 is 0. The molecule has 0 spiro atoms. The van der Waals surface area contributed by atoms with Crippen LogP contribution in [0.5, 0.6) is 5.75 Å². The first-order chi connectivity index (χ1) is 15.2. The number of phenols is 1. The third kappa shape index (κ3) is 8.60. The fraction of sp³-hybridized carbons (Fsp3) is 0.609. The molecule has 8 nitrogen and oxygen atoms in total. The van der Waals surface area contributed by atoms with Crippen molar-refractivity contribution in [3.05, 3.63) is 28.8 Å². The lowest BCUT2D eigenvalue weighted by molar-refractivity contribution is -0.149. The molecule has 4 N–H and O–H groups in total. The van der Waals surface area contributed by atoms with Gasteiger partial charge >= 0.3 is 0 Å². The second kappa shape index (κ2) is 11.9. The molecule has 2 unspecified atom stereocenters. The van der Waals surface area contributed by atoms with Crippen LogP contribution in [0.4, 0.5) is 8.78 Å². The van der Waals surface area contributed by atoms with Gasteiger partial charge in [-0.15, -0.1) is 0 Å². The highest BCUT2D eigenvalue weighted by Gasteiger charge is 2.36. The maximum atomic E-state index is 14.0. The van der Waals surface area contributed by atoms with E-state index in [-0.39, 0.29) is 17.2 Å². The van der Waals surface area contributed by atoms with Gasteiger partial charge in [-0.25, -0.2) is 8.78 Å². The van der Waals surface area contributed by atoms with Gasteiger partial charge in [0.15, 0.2) is 6.10 Å². The zero-order valence-electron chi connectivity index (χ0n) is 20.0. The largest absolute Gasteiger partial charge is 0.508 e. The molecule has 1 aromatic carbocycles. The van der Waals surface area contributed by atoms with E-state index in [0.717, 1.165) is 0 Å². The first kappa shape index (κ1) is 28.3. The molecule has 33 heavy (non-hydrogen) atoms. The van der Waals surface area contributed by atoms with Gasteiger partial charge in [-0.1, -0.05) is 20.8 Å². The highest BCUT2D eigenvalue weighted by Crippen LogP contribution is 2.23. The zero-order valence-corrected chi connectivity index (χ0v) is 20.0. The molecule has 0 heterocycles. The number of benzene rings is 1. The van der Waals surface area contributed by atoms with Crippen molar-refractivity contribution >= 4 is 17.7 Å². The van der Waals surface area contributed by atoms with E-state index in [0.29, 0.717) is 22.6 Å². The molecule has 3 amide bonds. The van der Waals surface area contributed by atoms with E-state index in [1.807, 2.05) is 13.8 Å². The fourth-order valence-electron chi connectivity index (χ4n) is 2.99. The standard InChI is InChI=1S/C23H35F2N3O5/c1-7-23(24,25)12-28(11-19(30)26-10-13(2)3)22(33)20(31)16(6)27-21(32)17-8-14(4)9-18(29)15(17)5/h8-9,13,16,20,29,31H,7,10-12H2,1-6H3,(H,26,30)(H,27,32). The number of aliphatic hydroxyl groups excluding tert-OH is 1. The van der Waals surface area contributed by atoms with Crippen LogP contribution in [0, 0.1) is 19.8 Å². The van der Waals surface area contributed by atoms with Gasteiger partial charge in [0.2, 0.25) is 5.91 Å². The number of halogens is 2. The Balaban J connectivity index is 2.99. The smallest absolute Gasteiger partial charge is 0.265 e. The molecule has 186 valence electrons. The molecular formula is C23H35F2N3O5. The number of aromatic hydroxyl groups is 1. The second-order valence-corrected chi connectivity index (χ2v) is 8.77. The number of nitrogens with one attached hydrogen (secondary N) is 2. The van der Waals surface area contributed by atoms with Crippen molar-refractivity contribution in [2.24, 2.45) is 5.92 Å². The van der Waals surface area contributed by atoms with E-state index < -0.39 is 55.3 Å². The molecular weight excluding hydrogens is 436 g/mol. The summed E-state index contributed by atoms with van der Waals surface area (Å²) in [6.07, 6.45) is -2.42. The molecule has 0 aliphatic rings. The Morgan fingerprint density at radius 1 is 1.15 bits per heavy atom. The van der Waals surface area contributed by atoms with Gasteiger partial charge < -0.3 is 25.7 Å². The number of amides is 3. The number of aliphatic hydroxyl groups is 1. The highest BCUT2D eigenvalue weighted by atomic mass is 19.3. The molecule has 0 aromatic heterocycles. The monoisotopic (exact) mass is 471 g/mol. The first-order valence-corrected chi connectivity index (χ1v) is 10.9. The van der Waals surface area contributed by atoms with Gasteiger partial charge in [-0.05, 0) is 44.4 Å². The topological polar surface area (TPSA) is 119 Å². The Morgan fingerprint density at radius 2 is 1.76 bits per heavy atom. The van der Waals surface area contributed by atoms with Crippen molar-refractivity contribution in [3.8, 4) is 5.75 Å².